The van der Waals surface area contributed by atoms with Crippen molar-refractivity contribution in [3.05, 3.63) is 57.8 Å². The summed E-state index contributed by atoms with van der Waals surface area (Å²) in [5.74, 6) is -1.03. The molecule has 5 heteroatoms. The molecule has 2 nitrogen and oxygen atoms in total. The van der Waals surface area contributed by atoms with E-state index in [9.17, 15) is 8.78 Å². The van der Waals surface area contributed by atoms with Gasteiger partial charge >= 0.3 is 0 Å². The fourth-order valence-electron chi connectivity index (χ4n) is 2.68. The number of benzene rings is 1. The van der Waals surface area contributed by atoms with Gasteiger partial charge in [-0.25, -0.2) is 8.78 Å². The topological polar surface area (TPSA) is 15.3 Å². The lowest BCUT2D eigenvalue weighted by Gasteiger charge is -2.34. The molecule has 1 aromatic carbocycles. The number of thiophene rings is 1. The van der Waals surface area contributed by atoms with E-state index in [1.54, 1.807) is 11.3 Å². The number of hydrogen-bond donors (Lipinski definition) is 1. The van der Waals surface area contributed by atoms with Gasteiger partial charge < -0.3 is 5.32 Å². The molecule has 0 bridgehead atoms. The lowest BCUT2D eigenvalue weighted by Crippen LogP contribution is -2.45. The molecular formula is C15H16F2N2S. The molecule has 0 radical (unpaired) electrons. The van der Waals surface area contributed by atoms with Gasteiger partial charge in [0.25, 0.3) is 0 Å². The SMILES string of the molecule is Fc1cc(F)cc([C@@H](c2cccs2)N2CCNCC2)c1. The van der Waals surface area contributed by atoms with Gasteiger partial charge in [0.1, 0.15) is 11.6 Å². The minimum absolute atomic E-state index is 0.0673. The second kappa shape index (κ2) is 5.99. The smallest absolute Gasteiger partial charge is 0.126 e. The Morgan fingerprint density at radius 3 is 2.40 bits per heavy atom. The van der Waals surface area contributed by atoms with Crippen LogP contribution in [0.15, 0.2) is 35.7 Å². The van der Waals surface area contributed by atoms with E-state index in [2.05, 4.69) is 10.2 Å². The van der Waals surface area contributed by atoms with Crippen LogP contribution in [0.4, 0.5) is 8.78 Å². The summed E-state index contributed by atoms with van der Waals surface area (Å²) >= 11 is 1.62. The Balaban J connectivity index is 2.00. The number of nitrogens with zero attached hydrogens (tertiary/aromatic N) is 1. The molecule has 3 rings (SSSR count). The summed E-state index contributed by atoms with van der Waals surface area (Å²) in [6, 6.07) is 7.74. The fraction of sp³-hybridized carbons (Fsp3) is 0.333. The molecule has 106 valence electrons. The zero-order valence-electron chi connectivity index (χ0n) is 11.0. The van der Waals surface area contributed by atoms with Gasteiger partial charge in [-0.2, -0.15) is 0 Å². The van der Waals surface area contributed by atoms with Crippen LogP contribution in [0.2, 0.25) is 0 Å². The lowest BCUT2D eigenvalue weighted by atomic mass is 10.0. The standard InChI is InChI=1S/C15H16F2N2S/c16-12-8-11(9-13(17)10-12)15(14-2-1-7-20-14)19-5-3-18-4-6-19/h1-2,7-10,15,18H,3-6H2/t15-/m0/s1. The minimum atomic E-state index is -0.517. The zero-order chi connectivity index (χ0) is 13.9. The maximum Gasteiger partial charge on any atom is 0.126 e. The van der Waals surface area contributed by atoms with Crippen molar-refractivity contribution in [1.29, 1.82) is 0 Å². The monoisotopic (exact) mass is 294 g/mol. The summed E-state index contributed by atoms with van der Waals surface area (Å²) in [4.78, 5) is 3.40. The molecule has 1 fully saturated rings. The Morgan fingerprint density at radius 1 is 1.10 bits per heavy atom. The van der Waals surface area contributed by atoms with Crippen molar-refractivity contribution in [3.63, 3.8) is 0 Å². The predicted molar refractivity (Wildman–Crippen MR) is 77.0 cm³/mol. The molecule has 1 aliphatic rings. The summed E-state index contributed by atoms with van der Waals surface area (Å²) in [6.07, 6.45) is 0. The Bertz CT molecular complexity index is 545. The molecule has 2 aromatic rings. The van der Waals surface area contributed by atoms with Crippen LogP contribution in [0.25, 0.3) is 0 Å². The summed E-state index contributed by atoms with van der Waals surface area (Å²) in [7, 11) is 0. The van der Waals surface area contributed by atoms with Crippen molar-refractivity contribution in [1.82, 2.24) is 10.2 Å². The number of nitrogens with one attached hydrogen (secondary N) is 1. The molecule has 1 atom stereocenters. The van der Waals surface area contributed by atoms with Gasteiger partial charge in [0.15, 0.2) is 0 Å². The highest BCUT2D eigenvalue weighted by Gasteiger charge is 2.25. The van der Waals surface area contributed by atoms with Crippen LogP contribution in [0.5, 0.6) is 0 Å². The van der Waals surface area contributed by atoms with Crippen LogP contribution in [-0.2, 0) is 0 Å². The van der Waals surface area contributed by atoms with Gasteiger partial charge in [-0.05, 0) is 29.1 Å². The third-order valence-electron chi connectivity index (χ3n) is 3.53. The maximum absolute atomic E-state index is 13.5. The van der Waals surface area contributed by atoms with Crippen molar-refractivity contribution in [2.45, 2.75) is 6.04 Å². The molecule has 1 aromatic heterocycles. The third-order valence-corrected chi connectivity index (χ3v) is 4.45. The van der Waals surface area contributed by atoms with Crippen LogP contribution in [0.3, 0.4) is 0 Å². The molecule has 0 spiro atoms. The number of piperazine rings is 1. The Hall–Kier alpha value is -1.30. The first-order valence-corrected chi connectivity index (χ1v) is 7.56. The Kier molecular flexibility index (Phi) is 4.10. The summed E-state index contributed by atoms with van der Waals surface area (Å²) in [6.45, 7) is 3.56. The van der Waals surface area contributed by atoms with Gasteiger partial charge in [0, 0.05) is 37.1 Å². The van der Waals surface area contributed by atoms with E-state index in [1.165, 1.54) is 12.1 Å². The first-order chi connectivity index (χ1) is 9.74. The molecule has 0 amide bonds. The van der Waals surface area contributed by atoms with E-state index in [1.807, 2.05) is 17.5 Å². The van der Waals surface area contributed by atoms with Gasteiger partial charge in [0.05, 0.1) is 6.04 Å². The number of hydrogen-bond acceptors (Lipinski definition) is 3. The summed E-state index contributed by atoms with van der Waals surface area (Å²) in [5.41, 5.74) is 0.687. The molecule has 20 heavy (non-hydrogen) atoms. The Labute approximate surface area is 121 Å². The van der Waals surface area contributed by atoms with Crippen molar-refractivity contribution in [2.24, 2.45) is 0 Å². The molecular weight excluding hydrogens is 278 g/mol. The van der Waals surface area contributed by atoms with E-state index in [4.69, 9.17) is 0 Å². The maximum atomic E-state index is 13.5. The molecule has 0 aliphatic carbocycles. The summed E-state index contributed by atoms with van der Waals surface area (Å²) in [5, 5.41) is 5.30. The van der Waals surface area contributed by atoms with E-state index < -0.39 is 11.6 Å². The highest BCUT2D eigenvalue weighted by atomic mass is 32.1. The van der Waals surface area contributed by atoms with Crippen molar-refractivity contribution in [3.8, 4) is 0 Å². The third kappa shape index (κ3) is 2.90. The molecule has 0 saturated carbocycles. The second-order valence-electron chi connectivity index (χ2n) is 4.91. The van der Waals surface area contributed by atoms with Crippen LogP contribution in [-0.4, -0.2) is 31.1 Å². The van der Waals surface area contributed by atoms with Gasteiger partial charge in [-0.15, -0.1) is 11.3 Å². The molecule has 1 aliphatic heterocycles. The highest BCUT2D eigenvalue weighted by molar-refractivity contribution is 7.10. The molecule has 1 N–H and O–H groups in total. The van der Waals surface area contributed by atoms with E-state index in [-0.39, 0.29) is 6.04 Å². The lowest BCUT2D eigenvalue weighted by molar-refractivity contribution is 0.200. The normalized spacial score (nSPS) is 18.1. The van der Waals surface area contributed by atoms with Crippen LogP contribution >= 0.6 is 11.3 Å². The van der Waals surface area contributed by atoms with Gasteiger partial charge in [-0.1, -0.05) is 6.07 Å². The van der Waals surface area contributed by atoms with Crippen molar-refractivity contribution in [2.75, 3.05) is 26.2 Å². The summed E-state index contributed by atoms with van der Waals surface area (Å²) < 4.78 is 27.1. The highest BCUT2D eigenvalue weighted by Crippen LogP contribution is 2.32. The molecule has 2 heterocycles. The van der Waals surface area contributed by atoms with Gasteiger partial charge in [0.2, 0.25) is 0 Å². The predicted octanol–water partition coefficient (Wildman–Crippen LogP) is 3.02. The zero-order valence-corrected chi connectivity index (χ0v) is 11.8. The van der Waals surface area contributed by atoms with E-state index in [0.717, 1.165) is 37.1 Å². The average Bonchev–Trinajstić information content (AvgIpc) is 2.93. The first kappa shape index (κ1) is 13.7. The van der Waals surface area contributed by atoms with Crippen molar-refractivity contribution >= 4 is 11.3 Å². The number of rotatable bonds is 3. The van der Waals surface area contributed by atoms with Crippen molar-refractivity contribution < 1.29 is 8.78 Å². The van der Waals surface area contributed by atoms with Crippen LogP contribution in [0.1, 0.15) is 16.5 Å². The van der Waals surface area contributed by atoms with Crippen LogP contribution in [0, 0.1) is 11.6 Å². The molecule has 1 saturated heterocycles. The molecule has 0 unspecified atom stereocenters. The fourth-order valence-corrected chi connectivity index (χ4v) is 3.56. The second-order valence-corrected chi connectivity index (χ2v) is 5.89. The number of halogens is 2. The van der Waals surface area contributed by atoms with E-state index >= 15 is 0 Å². The quantitative estimate of drug-likeness (QED) is 0.936. The van der Waals surface area contributed by atoms with E-state index in [0.29, 0.717) is 5.56 Å². The first-order valence-electron chi connectivity index (χ1n) is 6.68. The average molecular weight is 294 g/mol. The Morgan fingerprint density at radius 2 is 1.80 bits per heavy atom. The largest absolute Gasteiger partial charge is 0.314 e. The van der Waals surface area contributed by atoms with Crippen LogP contribution < -0.4 is 5.32 Å². The van der Waals surface area contributed by atoms with Gasteiger partial charge in [-0.3, -0.25) is 4.90 Å². The minimum Gasteiger partial charge on any atom is -0.314 e.